The molecule has 9 aromatic rings. The van der Waals surface area contributed by atoms with E-state index in [1.807, 2.05) is 17.6 Å². The average Bonchev–Trinajstić information content (AvgIpc) is 3.64. The van der Waals surface area contributed by atoms with Crippen molar-refractivity contribution in [3.05, 3.63) is 134 Å². The second kappa shape index (κ2) is 8.29. The molecule has 0 spiro atoms. The van der Waals surface area contributed by atoms with Crippen molar-refractivity contribution in [2.45, 2.75) is 0 Å². The number of hydrogen-bond acceptors (Lipinski definition) is 2. The summed E-state index contributed by atoms with van der Waals surface area (Å²) in [4.78, 5) is 0. The lowest BCUT2D eigenvalue weighted by Gasteiger charge is -2.19. The number of rotatable bonds is 2. The fourth-order valence-electron chi connectivity index (χ4n) is 6.68. The first-order chi connectivity index (χ1) is 19.9. The van der Waals surface area contributed by atoms with Crippen molar-refractivity contribution in [2.24, 2.45) is 0 Å². The van der Waals surface area contributed by atoms with Crippen LogP contribution in [0.4, 0.5) is 0 Å². The molecule has 9 rings (SSSR count). The fraction of sp³-hybridized carbons (Fsp3) is 0. The number of furan rings is 1. The standard InChI is InChI=1S/C38H22OS/c1-2-12-24-23(10-1)11-9-18-25(24)35-26-13-3-5-15-28(26)36(29-16-6-4-14-27(29)35)32-22-34-37(38-30(32)20-21-39-38)31-17-7-8-19-33(31)40-34/h1-22H. The van der Waals surface area contributed by atoms with E-state index in [0.29, 0.717) is 0 Å². The van der Waals surface area contributed by atoms with Gasteiger partial charge in [-0.05, 0) is 72.8 Å². The molecule has 0 saturated carbocycles. The molecule has 7 aromatic carbocycles. The van der Waals surface area contributed by atoms with Gasteiger partial charge in [0.25, 0.3) is 0 Å². The number of hydrogen-bond donors (Lipinski definition) is 0. The van der Waals surface area contributed by atoms with E-state index in [0.717, 1.165) is 11.0 Å². The third-order valence-electron chi connectivity index (χ3n) is 8.34. The third kappa shape index (κ3) is 2.97. The smallest absolute Gasteiger partial charge is 0.143 e. The van der Waals surface area contributed by atoms with Gasteiger partial charge >= 0.3 is 0 Å². The van der Waals surface area contributed by atoms with E-state index in [1.165, 1.54) is 74.7 Å². The van der Waals surface area contributed by atoms with Gasteiger partial charge in [-0.3, -0.25) is 0 Å². The zero-order chi connectivity index (χ0) is 26.2. The molecule has 186 valence electrons. The van der Waals surface area contributed by atoms with Gasteiger partial charge in [-0.25, -0.2) is 0 Å². The highest BCUT2D eigenvalue weighted by molar-refractivity contribution is 7.26. The van der Waals surface area contributed by atoms with Crippen molar-refractivity contribution in [1.29, 1.82) is 0 Å². The van der Waals surface area contributed by atoms with Gasteiger partial charge in [-0.2, -0.15) is 0 Å². The molecule has 0 unspecified atom stereocenters. The predicted octanol–water partition coefficient (Wildman–Crippen LogP) is 11.6. The molecule has 2 heteroatoms. The number of thiophene rings is 1. The van der Waals surface area contributed by atoms with E-state index in [9.17, 15) is 0 Å². The SMILES string of the molecule is c1ccc2c(-c3c4ccccc4c(-c4cc5sc6ccccc6c5c5occc45)c4ccccc34)cccc2c1. The maximum absolute atomic E-state index is 6.23. The van der Waals surface area contributed by atoms with Gasteiger partial charge in [-0.15, -0.1) is 11.3 Å². The Bertz CT molecular complexity index is 2380. The van der Waals surface area contributed by atoms with Crippen molar-refractivity contribution >= 4 is 74.8 Å². The Morgan fingerprint density at radius 1 is 0.425 bits per heavy atom. The molecule has 0 aliphatic rings. The first kappa shape index (κ1) is 22.0. The Morgan fingerprint density at radius 3 is 1.73 bits per heavy atom. The molecule has 0 bridgehead atoms. The van der Waals surface area contributed by atoms with Crippen molar-refractivity contribution < 1.29 is 4.42 Å². The Morgan fingerprint density at radius 2 is 1.00 bits per heavy atom. The molecule has 1 nitrogen and oxygen atoms in total. The van der Waals surface area contributed by atoms with E-state index < -0.39 is 0 Å². The van der Waals surface area contributed by atoms with E-state index in [4.69, 9.17) is 4.42 Å². The molecule has 0 atom stereocenters. The van der Waals surface area contributed by atoms with Crippen molar-refractivity contribution in [1.82, 2.24) is 0 Å². The minimum Gasteiger partial charge on any atom is -0.464 e. The largest absolute Gasteiger partial charge is 0.464 e. The highest BCUT2D eigenvalue weighted by atomic mass is 32.1. The molecule has 0 radical (unpaired) electrons. The molecule has 0 N–H and O–H groups in total. The molecular weight excluding hydrogens is 504 g/mol. The minimum absolute atomic E-state index is 0.969. The van der Waals surface area contributed by atoms with Crippen LogP contribution < -0.4 is 0 Å². The summed E-state index contributed by atoms with van der Waals surface area (Å²) < 4.78 is 8.77. The van der Waals surface area contributed by atoms with Crippen LogP contribution in [0.25, 0.3) is 85.7 Å². The molecule has 0 aliphatic heterocycles. The normalized spacial score (nSPS) is 12.0. The zero-order valence-corrected chi connectivity index (χ0v) is 22.3. The van der Waals surface area contributed by atoms with Crippen LogP contribution in [0.15, 0.2) is 138 Å². The first-order valence-electron chi connectivity index (χ1n) is 13.6. The molecule has 40 heavy (non-hydrogen) atoms. The summed E-state index contributed by atoms with van der Waals surface area (Å²) in [5.41, 5.74) is 6.01. The van der Waals surface area contributed by atoms with E-state index in [1.54, 1.807) is 0 Å². The molecular formula is C38H22OS. The highest BCUT2D eigenvalue weighted by Crippen LogP contribution is 2.49. The lowest BCUT2D eigenvalue weighted by atomic mass is 9.84. The van der Waals surface area contributed by atoms with E-state index in [2.05, 4.69) is 127 Å². The second-order valence-electron chi connectivity index (χ2n) is 10.4. The minimum atomic E-state index is 0.969. The summed E-state index contributed by atoms with van der Waals surface area (Å²) in [7, 11) is 0. The topological polar surface area (TPSA) is 13.1 Å². The second-order valence-corrected chi connectivity index (χ2v) is 11.5. The quantitative estimate of drug-likeness (QED) is 0.204. The van der Waals surface area contributed by atoms with Gasteiger partial charge in [0.15, 0.2) is 0 Å². The van der Waals surface area contributed by atoms with Gasteiger partial charge in [0.2, 0.25) is 0 Å². The summed E-state index contributed by atoms with van der Waals surface area (Å²) in [5.74, 6) is 0. The van der Waals surface area contributed by atoms with Crippen molar-refractivity contribution in [2.75, 3.05) is 0 Å². The van der Waals surface area contributed by atoms with Crippen LogP contribution in [0.2, 0.25) is 0 Å². The fourth-order valence-corrected chi connectivity index (χ4v) is 7.83. The van der Waals surface area contributed by atoms with Crippen LogP contribution >= 0.6 is 11.3 Å². The van der Waals surface area contributed by atoms with Crippen LogP contribution in [-0.2, 0) is 0 Å². The summed E-state index contributed by atoms with van der Waals surface area (Å²) >= 11 is 1.84. The lowest BCUT2D eigenvalue weighted by molar-refractivity contribution is 0.619. The molecule has 0 fully saturated rings. The zero-order valence-electron chi connectivity index (χ0n) is 21.5. The van der Waals surface area contributed by atoms with Crippen molar-refractivity contribution in [3.63, 3.8) is 0 Å². The summed E-state index contributed by atoms with van der Waals surface area (Å²) in [5, 5.41) is 11.2. The molecule has 2 aromatic heterocycles. The van der Waals surface area contributed by atoms with Crippen LogP contribution in [0.1, 0.15) is 0 Å². The molecule has 2 heterocycles. The Hall–Kier alpha value is -4.92. The van der Waals surface area contributed by atoms with Gasteiger partial charge in [-0.1, -0.05) is 109 Å². The summed E-state index contributed by atoms with van der Waals surface area (Å²) in [6, 6.07) is 46.3. The van der Waals surface area contributed by atoms with E-state index in [-0.39, 0.29) is 0 Å². The Balaban J connectivity index is 1.48. The predicted molar refractivity (Wildman–Crippen MR) is 172 cm³/mol. The van der Waals surface area contributed by atoms with Gasteiger partial charge < -0.3 is 4.42 Å². The Kier molecular flexibility index (Phi) is 4.55. The monoisotopic (exact) mass is 526 g/mol. The number of benzene rings is 7. The lowest BCUT2D eigenvalue weighted by Crippen LogP contribution is -1.92. The molecule has 0 aliphatic carbocycles. The summed E-state index contributed by atoms with van der Waals surface area (Å²) in [6.07, 6.45) is 1.84. The average molecular weight is 527 g/mol. The van der Waals surface area contributed by atoms with Crippen LogP contribution in [0.3, 0.4) is 0 Å². The first-order valence-corrected chi connectivity index (χ1v) is 14.4. The maximum Gasteiger partial charge on any atom is 0.143 e. The van der Waals surface area contributed by atoms with Gasteiger partial charge in [0.1, 0.15) is 5.58 Å². The van der Waals surface area contributed by atoms with Crippen LogP contribution in [0.5, 0.6) is 0 Å². The van der Waals surface area contributed by atoms with Crippen LogP contribution in [-0.4, -0.2) is 0 Å². The van der Waals surface area contributed by atoms with Gasteiger partial charge in [0, 0.05) is 25.6 Å². The van der Waals surface area contributed by atoms with E-state index >= 15 is 0 Å². The Labute approximate surface area is 234 Å². The van der Waals surface area contributed by atoms with Crippen molar-refractivity contribution in [3.8, 4) is 22.3 Å². The van der Waals surface area contributed by atoms with Gasteiger partial charge in [0.05, 0.1) is 6.26 Å². The summed E-state index contributed by atoms with van der Waals surface area (Å²) in [6.45, 7) is 0. The van der Waals surface area contributed by atoms with Crippen LogP contribution in [0, 0.1) is 0 Å². The molecule has 0 amide bonds. The number of fused-ring (bicyclic) bond motifs is 8. The highest BCUT2D eigenvalue weighted by Gasteiger charge is 2.21. The maximum atomic E-state index is 6.23. The third-order valence-corrected chi connectivity index (χ3v) is 9.46. The molecule has 0 saturated heterocycles.